The van der Waals surface area contributed by atoms with Crippen LogP contribution >= 0.6 is 0 Å². The normalized spacial score (nSPS) is 10.1. The van der Waals surface area contributed by atoms with E-state index in [1.54, 1.807) is 19.1 Å². The summed E-state index contributed by atoms with van der Waals surface area (Å²) in [5, 5.41) is 13.8. The molecule has 16 heavy (non-hydrogen) atoms. The second-order valence-corrected chi connectivity index (χ2v) is 2.94. The van der Waals surface area contributed by atoms with Crippen molar-refractivity contribution < 1.29 is 4.92 Å². The third-order valence-electron chi connectivity index (χ3n) is 1.87. The lowest BCUT2D eigenvalue weighted by Gasteiger charge is -1.98. The van der Waals surface area contributed by atoms with Crippen LogP contribution in [0.15, 0.2) is 23.5 Å². The molecule has 0 radical (unpaired) electrons. The van der Waals surface area contributed by atoms with Gasteiger partial charge in [0.25, 0.3) is 5.69 Å². The van der Waals surface area contributed by atoms with E-state index >= 15 is 0 Å². The number of aryl methyl sites for hydroxylation is 1. The number of azide groups is 1. The van der Waals surface area contributed by atoms with Crippen molar-refractivity contribution in [3.05, 3.63) is 50.2 Å². The van der Waals surface area contributed by atoms with E-state index in [4.69, 9.17) is 5.53 Å². The van der Waals surface area contributed by atoms with Gasteiger partial charge in [0.15, 0.2) is 0 Å². The quantitative estimate of drug-likeness (QED) is 0.255. The fourth-order valence-electron chi connectivity index (χ4n) is 1.07. The summed E-state index contributed by atoms with van der Waals surface area (Å²) < 4.78 is 0. The molecule has 0 aliphatic heterocycles. The van der Waals surface area contributed by atoms with Crippen molar-refractivity contribution in [3.63, 3.8) is 0 Å². The predicted molar refractivity (Wildman–Crippen MR) is 58.7 cm³/mol. The Kier molecular flexibility index (Phi) is 3.99. The van der Waals surface area contributed by atoms with Crippen LogP contribution in [-0.2, 0) is 0 Å². The van der Waals surface area contributed by atoms with E-state index in [9.17, 15) is 10.1 Å². The first kappa shape index (κ1) is 11.7. The van der Waals surface area contributed by atoms with Gasteiger partial charge in [0, 0.05) is 28.8 Å². The van der Waals surface area contributed by atoms with Crippen LogP contribution < -0.4 is 0 Å². The van der Waals surface area contributed by atoms with Gasteiger partial charge in [0.1, 0.15) is 6.20 Å². The molecule has 0 unspecified atom stereocenters. The molecule has 0 saturated heterocycles. The Balaban J connectivity index is 2.94. The molecule has 7 heteroatoms. The Hall–Kier alpha value is -2.40. The Morgan fingerprint density at radius 2 is 2.50 bits per heavy atom. The summed E-state index contributed by atoms with van der Waals surface area (Å²) >= 11 is 0. The monoisotopic (exact) mass is 219 g/mol. The Morgan fingerprint density at radius 3 is 3.12 bits per heavy atom. The first-order valence-electron chi connectivity index (χ1n) is 4.43. The largest absolute Gasteiger partial charge is 0.288 e. The molecule has 0 atom stereocenters. The lowest BCUT2D eigenvalue weighted by molar-refractivity contribution is -0.385. The molecule has 1 rings (SSSR count). The molecule has 1 heterocycles. The molecule has 1 aromatic heterocycles. The molecule has 0 aromatic carbocycles. The van der Waals surface area contributed by atoms with Gasteiger partial charge in [-0.3, -0.25) is 15.1 Å². The number of nitro groups is 1. The van der Waals surface area contributed by atoms with E-state index in [2.05, 4.69) is 15.0 Å². The third kappa shape index (κ3) is 3.07. The maximum atomic E-state index is 10.5. The minimum Gasteiger partial charge on any atom is -0.258 e. The Morgan fingerprint density at radius 1 is 1.75 bits per heavy atom. The first-order chi connectivity index (χ1) is 7.65. The van der Waals surface area contributed by atoms with Gasteiger partial charge in [-0.15, -0.1) is 0 Å². The van der Waals surface area contributed by atoms with Crippen LogP contribution in [0.1, 0.15) is 11.3 Å². The van der Waals surface area contributed by atoms with Gasteiger partial charge in [-0.05, 0) is 12.5 Å². The average molecular weight is 219 g/mol. The molecule has 0 N–H and O–H groups in total. The standard InChI is InChI=1S/C9H9N5O2/c1-7-8(3-2-4-12-13-10)5-9(6-11-7)14(15)16/h2-3,5-6H,4H2,1H3. The average Bonchev–Trinajstić information content (AvgIpc) is 2.26. The summed E-state index contributed by atoms with van der Waals surface area (Å²) in [7, 11) is 0. The SMILES string of the molecule is Cc1ncc([N+](=O)[O-])cc1C=CCN=[N+]=[N-]. The zero-order valence-corrected chi connectivity index (χ0v) is 8.57. The maximum absolute atomic E-state index is 10.5. The summed E-state index contributed by atoms with van der Waals surface area (Å²) in [6.07, 6.45) is 4.47. The summed E-state index contributed by atoms with van der Waals surface area (Å²) in [4.78, 5) is 16.5. The maximum Gasteiger partial charge on any atom is 0.288 e. The van der Waals surface area contributed by atoms with Gasteiger partial charge in [-0.25, -0.2) is 0 Å². The van der Waals surface area contributed by atoms with E-state index < -0.39 is 4.92 Å². The molecule has 0 amide bonds. The highest BCUT2D eigenvalue weighted by Crippen LogP contribution is 2.15. The molecule has 7 nitrogen and oxygen atoms in total. The number of hydrogen-bond donors (Lipinski definition) is 0. The van der Waals surface area contributed by atoms with Gasteiger partial charge in [-0.1, -0.05) is 17.3 Å². The fraction of sp³-hybridized carbons (Fsp3) is 0.222. The van der Waals surface area contributed by atoms with Crippen LogP contribution in [0.5, 0.6) is 0 Å². The number of rotatable bonds is 4. The molecule has 0 saturated carbocycles. The molecular formula is C9H9N5O2. The highest BCUT2D eigenvalue weighted by molar-refractivity contribution is 5.55. The van der Waals surface area contributed by atoms with Crippen molar-refractivity contribution in [2.45, 2.75) is 6.92 Å². The lowest BCUT2D eigenvalue weighted by Crippen LogP contribution is -1.93. The minimum atomic E-state index is -0.503. The predicted octanol–water partition coefficient (Wildman–Crippen LogP) is 2.62. The van der Waals surface area contributed by atoms with Crippen molar-refractivity contribution in [3.8, 4) is 0 Å². The van der Waals surface area contributed by atoms with Crippen LogP contribution in [0.3, 0.4) is 0 Å². The Bertz CT molecular complexity index is 477. The van der Waals surface area contributed by atoms with Crippen LogP contribution in [-0.4, -0.2) is 16.5 Å². The van der Waals surface area contributed by atoms with Gasteiger partial charge in [0.2, 0.25) is 0 Å². The molecule has 0 bridgehead atoms. The van der Waals surface area contributed by atoms with Gasteiger partial charge >= 0.3 is 0 Å². The topological polar surface area (TPSA) is 105 Å². The van der Waals surface area contributed by atoms with Crippen LogP contribution in [0, 0.1) is 17.0 Å². The van der Waals surface area contributed by atoms with Gasteiger partial charge in [-0.2, -0.15) is 0 Å². The molecule has 0 aliphatic rings. The van der Waals surface area contributed by atoms with Crippen molar-refractivity contribution >= 4 is 11.8 Å². The van der Waals surface area contributed by atoms with Gasteiger partial charge < -0.3 is 0 Å². The molecule has 1 aromatic rings. The minimum absolute atomic E-state index is 0.0611. The Labute approximate surface area is 91.2 Å². The third-order valence-corrected chi connectivity index (χ3v) is 1.87. The highest BCUT2D eigenvalue weighted by atomic mass is 16.6. The van der Waals surface area contributed by atoms with Crippen molar-refractivity contribution in [1.82, 2.24) is 4.98 Å². The van der Waals surface area contributed by atoms with E-state index in [1.807, 2.05) is 0 Å². The summed E-state index contributed by atoms with van der Waals surface area (Å²) in [5.41, 5.74) is 9.32. The summed E-state index contributed by atoms with van der Waals surface area (Å²) in [5.74, 6) is 0. The van der Waals surface area contributed by atoms with Gasteiger partial charge in [0.05, 0.1) is 4.92 Å². The molecule has 0 fully saturated rings. The smallest absolute Gasteiger partial charge is 0.258 e. The summed E-state index contributed by atoms with van der Waals surface area (Å²) in [6, 6.07) is 1.43. The van der Waals surface area contributed by atoms with Crippen LogP contribution in [0.2, 0.25) is 0 Å². The highest BCUT2D eigenvalue weighted by Gasteiger charge is 2.07. The van der Waals surface area contributed by atoms with E-state index in [0.717, 1.165) is 0 Å². The van der Waals surface area contributed by atoms with Crippen molar-refractivity contribution in [1.29, 1.82) is 0 Å². The lowest BCUT2D eigenvalue weighted by atomic mass is 10.2. The van der Waals surface area contributed by atoms with Crippen molar-refractivity contribution in [2.75, 3.05) is 6.54 Å². The molecule has 82 valence electrons. The number of hydrogen-bond acceptors (Lipinski definition) is 4. The second-order valence-electron chi connectivity index (χ2n) is 2.94. The molecular weight excluding hydrogens is 210 g/mol. The molecule has 0 spiro atoms. The van der Waals surface area contributed by atoms with E-state index in [-0.39, 0.29) is 12.2 Å². The number of aromatic nitrogens is 1. The fourth-order valence-corrected chi connectivity index (χ4v) is 1.07. The second kappa shape index (κ2) is 5.47. The van der Waals surface area contributed by atoms with E-state index in [1.165, 1.54) is 12.3 Å². The van der Waals surface area contributed by atoms with Crippen LogP contribution in [0.25, 0.3) is 16.5 Å². The van der Waals surface area contributed by atoms with Crippen LogP contribution in [0.4, 0.5) is 5.69 Å². The van der Waals surface area contributed by atoms with E-state index in [0.29, 0.717) is 11.3 Å². The number of nitrogens with zero attached hydrogens (tertiary/aromatic N) is 5. The zero-order valence-electron chi connectivity index (χ0n) is 8.57. The van der Waals surface area contributed by atoms with Crippen molar-refractivity contribution in [2.24, 2.45) is 5.11 Å². The molecule has 0 aliphatic carbocycles. The first-order valence-corrected chi connectivity index (χ1v) is 4.43. The zero-order chi connectivity index (χ0) is 12.0. The number of pyridine rings is 1. The summed E-state index contributed by atoms with van der Waals surface area (Å²) in [6.45, 7) is 1.95.